The first kappa shape index (κ1) is 17.3. The van der Waals surface area contributed by atoms with Crippen molar-refractivity contribution in [2.24, 2.45) is 5.92 Å². The molecule has 2 rings (SSSR count). The Balaban J connectivity index is 1.77. The van der Waals surface area contributed by atoms with Crippen LogP contribution in [0.15, 0.2) is 24.3 Å². The first-order chi connectivity index (χ1) is 11.0. The lowest BCUT2D eigenvalue weighted by molar-refractivity contribution is -0.126. The normalized spacial score (nSPS) is 15.6. The second-order valence-corrected chi connectivity index (χ2v) is 6.51. The highest BCUT2D eigenvalue weighted by Crippen LogP contribution is 2.18. The Bertz CT molecular complexity index is 549. The van der Waals surface area contributed by atoms with Crippen LogP contribution >= 0.6 is 0 Å². The molecule has 0 saturated carbocycles. The summed E-state index contributed by atoms with van der Waals surface area (Å²) in [6, 6.07) is 8.18. The molecule has 1 saturated heterocycles. The third-order valence-corrected chi connectivity index (χ3v) is 4.28. The van der Waals surface area contributed by atoms with Gasteiger partial charge in [0.1, 0.15) is 0 Å². The molecule has 1 aromatic rings. The van der Waals surface area contributed by atoms with Gasteiger partial charge in [-0.2, -0.15) is 0 Å². The molecule has 3 amide bonds. The van der Waals surface area contributed by atoms with Crippen LogP contribution in [0.4, 0.5) is 4.79 Å². The Hall–Kier alpha value is -2.04. The summed E-state index contributed by atoms with van der Waals surface area (Å²) in [6.07, 6.45) is 1.45. The van der Waals surface area contributed by atoms with Gasteiger partial charge in [0, 0.05) is 31.6 Å². The van der Waals surface area contributed by atoms with Gasteiger partial charge in [0.05, 0.1) is 0 Å². The molecule has 1 fully saturated rings. The molecule has 5 nitrogen and oxygen atoms in total. The van der Waals surface area contributed by atoms with Crippen LogP contribution in [0.2, 0.25) is 0 Å². The van der Waals surface area contributed by atoms with Crippen LogP contribution in [0, 0.1) is 12.8 Å². The number of nitrogens with one attached hydrogen (secondary N) is 2. The molecule has 0 aromatic heterocycles. The fourth-order valence-electron chi connectivity index (χ4n) is 2.82. The molecule has 0 bridgehead atoms. The molecule has 1 aliphatic heterocycles. The predicted molar refractivity (Wildman–Crippen MR) is 91.0 cm³/mol. The lowest BCUT2D eigenvalue weighted by Gasteiger charge is -2.32. The summed E-state index contributed by atoms with van der Waals surface area (Å²) in [6.45, 7) is 7.79. The fraction of sp³-hybridized carbons (Fsp3) is 0.556. The maximum absolute atomic E-state index is 12.3. The van der Waals surface area contributed by atoms with E-state index in [1.165, 1.54) is 5.56 Å². The average molecular weight is 317 g/mol. The van der Waals surface area contributed by atoms with Crippen LogP contribution in [-0.2, 0) is 11.3 Å². The van der Waals surface area contributed by atoms with E-state index in [1.54, 1.807) is 4.90 Å². The van der Waals surface area contributed by atoms with Crippen molar-refractivity contribution in [1.82, 2.24) is 15.5 Å². The fourth-order valence-corrected chi connectivity index (χ4v) is 2.82. The molecule has 1 aliphatic rings. The van der Waals surface area contributed by atoms with E-state index in [4.69, 9.17) is 0 Å². The standard InChI is InChI=1S/C18H27N3O2/c1-13(2)20-18(23)21-10-8-15(9-11-21)17(22)19-12-16-7-5-4-6-14(16)3/h4-7,13,15H,8-12H2,1-3H3,(H,19,22)(H,20,23). The van der Waals surface area contributed by atoms with Crippen molar-refractivity contribution < 1.29 is 9.59 Å². The van der Waals surface area contributed by atoms with Gasteiger partial charge in [0.15, 0.2) is 0 Å². The Morgan fingerprint density at radius 1 is 1.22 bits per heavy atom. The number of benzene rings is 1. The van der Waals surface area contributed by atoms with Gasteiger partial charge in [0.25, 0.3) is 0 Å². The van der Waals surface area contributed by atoms with Crippen molar-refractivity contribution in [2.45, 2.75) is 46.2 Å². The number of nitrogens with zero attached hydrogens (tertiary/aromatic N) is 1. The van der Waals surface area contributed by atoms with E-state index >= 15 is 0 Å². The van der Waals surface area contributed by atoms with Gasteiger partial charge in [-0.05, 0) is 44.7 Å². The number of carbonyl (C=O) groups excluding carboxylic acids is 2. The molecule has 0 atom stereocenters. The minimum absolute atomic E-state index is 0.00196. The highest BCUT2D eigenvalue weighted by Gasteiger charge is 2.27. The van der Waals surface area contributed by atoms with Gasteiger partial charge >= 0.3 is 6.03 Å². The van der Waals surface area contributed by atoms with Crippen LogP contribution in [0.5, 0.6) is 0 Å². The van der Waals surface area contributed by atoms with Crippen molar-refractivity contribution in [3.8, 4) is 0 Å². The lowest BCUT2D eigenvalue weighted by Crippen LogP contribution is -2.48. The van der Waals surface area contributed by atoms with E-state index in [0.29, 0.717) is 19.6 Å². The van der Waals surface area contributed by atoms with E-state index in [-0.39, 0.29) is 23.9 Å². The van der Waals surface area contributed by atoms with E-state index in [2.05, 4.69) is 10.6 Å². The summed E-state index contributed by atoms with van der Waals surface area (Å²) >= 11 is 0. The Morgan fingerprint density at radius 2 is 1.87 bits per heavy atom. The third kappa shape index (κ3) is 4.98. The monoisotopic (exact) mass is 317 g/mol. The summed E-state index contributed by atoms with van der Waals surface area (Å²) in [5.41, 5.74) is 2.34. The quantitative estimate of drug-likeness (QED) is 0.896. The zero-order valence-corrected chi connectivity index (χ0v) is 14.3. The topological polar surface area (TPSA) is 61.4 Å². The maximum atomic E-state index is 12.3. The summed E-state index contributed by atoms with van der Waals surface area (Å²) in [7, 11) is 0. The minimum atomic E-state index is -0.0289. The highest BCUT2D eigenvalue weighted by atomic mass is 16.2. The van der Waals surface area contributed by atoms with Gasteiger partial charge in [-0.3, -0.25) is 4.79 Å². The van der Waals surface area contributed by atoms with Crippen molar-refractivity contribution in [3.05, 3.63) is 35.4 Å². The molecular weight excluding hydrogens is 290 g/mol. The van der Waals surface area contributed by atoms with Gasteiger partial charge in [-0.25, -0.2) is 4.79 Å². The maximum Gasteiger partial charge on any atom is 0.317 e. The van der Waals surface area contributed by atoms with E-state index in [0.717, 1.165) is 18.4 Å². The molecule has 0 radical (unpaired) electrons. The third-order valence-electron chi connectivity index (χ3n) is 4.28. The molecule has 126 valence electrons. The molecule has 0 spiro atoms. The molecule has 1 heterocycles. The highest BCUT2D eigenvalue weighted by molar-refractivity contribution is 5.79. The van der Waals surface area contributed by atoms with Crippen molar-refractivity contribution in [3.63, 3.8) is 0 Å². The van der Waals surface area contributed by atoms with Crippen molar-refractivity contribution in [1.29, 1.82) is 0 Å². The van der Waals surface area contributed by atoms with Gasteiger partial charge in [-0.15, -0.1) is 0 Å². The number of carbonyl (C=O) groups is 2. The summed E-state index contributed by atoms with van der Waals surface area (Å²) in [4.78, 5) is 26.1. The van der Waals surface area contributed by atoms with Gasteiger partial charge in [0.2, 0.25) is 5.91 Å². The largest absolute Gasteiger partial charge is 0.352 e. The predicted octanol–water partition coefficient (Wildman–Crippen LogP) is 2.44. The molecular formula is C18H27N3O2. The summed E-state index contributed by atoms with van der Waals surface area (Å²) < 4.78 is 0. The van der Waals surface area contributed by atoms with Crippen LogP contribution in [0.3, 0.4) is 0 Å². The van der Waals surface area contributed by atoms with Crippen LogP contribution in [0.25, 0.3) is 0 Å². The number of aryl methyl sites for hydroxylation is 1. The number of hydrogen-bond acceptors (Lipinski definition) is 2. The van der Waals surface area contributed by atoms with Crippen LogP contribution in [-0.4, -0.2) is 36.0 Å². The lowest BCUT2D eigenvalue weighted by atomic mass is 9.96. The van der Waals surface area contributed by atoms with E-state index in [9.17, 15) is 9.59 Å². The first-order valence-corrected chi connectivity index (χ1v) is 8.35. The number of likely N-dealkylation sites (tertiary alicyclic amines) is 1. The van der Waals surface area contributed by atoms with E-state index in [1.807, 2.05) is 45.0 Å². The second-order valence-electron chi connectivity index (χ2n) is 6.51. The van der Waals surface area contributed by atoms with Crippen LogP contribution in [0.1, 0.15) is 37.8 Å². The molecule has 2 N–H and O–H groups in total. The van der Waals surface area contributed by atoms with Crippen molar-refractivity contribution >= 4 is 11.9 Å². The van der Waals surface area contributed by atoms with Gasteiger partial charge < -0.3 is 15.5 Å². The zero-order valence-electron chi connectivity index (χ0n) is 14.3. The molecule has 5 heteroatoms. The molecule has 0 unspecified atom stereocenters. The minimum Gasteiger partial charge on any atom is -0.352 e. The van der Waals surface area contributed by atoms with E-state index < -0.39 is 0 Å². The smallest absolute Gasteiger partial charge is 0.317 e. The SMILES string of the molecule is Cc1ccccc1CNC(=O)C1CCN(C(=O)NC(C)C)CC1. The zero-order chi connectivity index (χ0) is 16.8. The second kappa shape index (κ2) is 7.99. The number of hydrogen-bond donors (Lipinski definition) is 2. The Kier molecular flexibility index (Phi) is 6.02. The number of amides is 3. The number of rotatable bonds is 4. The molecule has 23 heavy (non-hydrogen) atoms. The van der Waals surface area contributed by atoms with Crippen LogP contribution < -0.4 is 10.6 Å². The Labute approximate surface area is 138 Å². The first-order valence-electron chi connectivity index (χ1n) is 8.35. The Morgan fingerprint density at radius 3 is 2.48 bits per heavy atom. The summed E-state index contributed by atoms with van der Waals surface area (Å²) in [5.74, 6) is 0.0966. The summed E-state index contributed by atoms with van der Waals surface area (Å²) in [5, 5.41) is 5.92. The molecule has 1 aromatic carbocycles. The average Bonchev–Trinajstić information content (AvgIpc) is 2.53. The van der Waals surface area contributed by atoms with Crippen molar-refractivity contribution in [2.75, 3.05) is 13.1 Å². The molecule has 0 aliphatic carbocycles. The van der Waals surface area contributed by atoms with Gasteiger partial charge in [-0.1, -0.05) is 24.3 Å². The number of piperidine rings is 1. The number of urea groups is 1.